The van der Waals surface area contributed by atoms with Gasteiger partial charge < -0.3 is 87.3 Å². The van der Waals surface area contributed by atoms with Gasteiger partial charge in [-0.1, -0.05) is 72.3 Å². The third-order valence-electron chi connectivity index (χ3n) is 3.78. The van der Waals surface area contributed by atoms with Gasteiger partial charge in [0.1, 0.15) is 0 Å². The Bertz CT molecular complexity index is 685. The Morgan fingerprint density at radius 1 is 0.725 bits per heavy atom. The van der Waals surface area contributed by atoms with Gasteiger partial charge in [0, 0.05) is 43.6 Å². The van der Waals surface area contributed by atoms with Crippen molar-refractivity contribution in [2.24, 2.45) is 11.8 Å². The van der Waals surface area contributed by atoms with Crippen LogP contribution in [-0.4, -0.2) is 33.0 Å². The monoisotopic (exact) mass is 690 g/mol. The number of hydrogen-bond acceptors (Lipinski definition) is 0. The molecule has 0 amide bonds. The zero-order chi connectivity index (χ0) is 21.2. The molecule has 0 bridgehead atoms. The SMILES string of the molecule is C1=CC2[CH-]CCC2C=C1.CC(C)(C)[NH-].CC(C)(C)[NH-].[CH3-].[CH3-].[CH3-].[CH3-].[CH3-].[CH3-].[Cl-].[Cl-].[Si].[Si].[Ti+2].[Ti].c1ccc2[cH-]ccc2c1. The Labute approximate surface area is 305 Å². The summed E-state index contributed by atoms with van der Waals surface area (Å²) in [6.07, 6.45) is 14.1. The van der Waals surface area contributed by atoms with Crippen molar-refractivity contribution in [2.45, 2.75) is 65.5 Å². The van der Waals surface area contributed by atoms with Crippen molar-refractivity contribution in [1.29, 1.82) is 0 Å². The van der Waals surface area contributed by atoms with E-state index in [4.69, 9.17) is 11.5 Å². The summed E-state index contributed by atoms with van der Waals surface area (Å²) in [4.78, 5) is 0. The largest absolute Gasteiger partial charge is 2.00 e. The summed E-state index contributed by atoms with van der Waals surface area (Å²) in [6, 6.07) is 14.7. The van der Waals surface area contributed by atoms with Crippen LogP contribution in [0.4, 0.5) is 0 Å². The van der Waals surface area contributed by atoms with Crippen molar-refractivity contribution in [2.75, 3.05) is 0 Å². The predicted octanol–water partition coefficient (Wildman–Crippen LogP) is 4.52. The molecule has 8 radical (unpaired) electrons. The minimum atomic E-state index is -0.250. The van der Waals surface area contributed by atoms with E-state index in [9.17, 15) is 0 Å². The van der Waals surface area contributed by atoms with Crippen LogP contribution in [-0.2, 0) is 43.4 Å². The second-order valence-corrected chi connectivity index (χ2v) is 9.48. The van der Waals surface area contributed by atoms with Crippen LogP contribution in [0.5, 0.6) is 0 Å². The Hall–Kier alpha value is 0.672. The molecule has 0 spiro atoms. The van der Waals surface area contributed by atoms with E-state index in [1.807, 2.05) is 41.5 Å². The molecule has 8 heteroatoms. The fourth-order valence-electron chi connectivity index (χ4n) is 2.76. The average molecular weight is 692 g/mol. The van der Waals surface area contributed by atoms with E-state index >= 15 is 0 Å². The molecule has 2 aliphatic rings. The Balaban J connectivity index is -0.0000000245. The molecule has 40 heavy (non-hydrogen) atoms. The van der Waals surface area contributed by atoms with Crippen LogP contribution in [0, 0.1) is 62.8 Å². The van der Waals surface area contributed by atoms with Crippen molar-refractivity contribution in [3.63, 3.8) is 0 Å². The molecular formula is C32H56Cl2N2Si2Ti2-10. The van der Waals surface area contributed by atoms with E-state index in [1.165, 1.54) is 23.6 Å². The van der Waals surface area contributed by atoms with Gasteiger partial charge in [-0.05, 0) is 5.92 Å². The van der Waals surface area contributed by atoms with E-state index < -0.39 is 0 Å². The minimum absolute atomic E-state index is 0. The number of benzene rings is 1. The zero-order valence-electron chi connectivity index (χ0n) is 27.3. The molecule has 1 saturated carbocycles. The van der Waals surface area contributed by atoms with Crippen LogP contribution in [0.2, 0.25) is 0 Å². The molecule has 4 rings (SSSR count). The number of halogens is 2. The smallest absolute Gasteiger partial charge is 1.00 e. The summed E-state index contributed by atoms with van der Waals surface area (Å²) < 4.78 is 0. The number of fused-ring (bicyclic) bond motifs is 2. The first kappa shape index (κ1) is 77.9. The summed E-state index contributed by atoms with van der Waals surface area (Å²) in [7, 11) is 0. The van der Waals surface area contributed by atoms with Crippen molar-refractivity contribution < 1.29 is 68.2 Å². The standard InChI is InChI=1S/C9H11.C9H7.2C4H10N.6CH3.2ClH.2Si.2Ti/c2*1-2-5-9-7-3-6-8(9)4-1;2*1-4(2,3)5;;;;;;;;;;;;/h1-2,4-6,8-9H,3,7H2;1-7H;2*5H,1-3H3;6*1H3;2*1H;;;;/q10*-1;;;;;;+2/p-2. The fourth-order valence-corrected chi connectivity index (χ4v) is 2.76. The quantitative estimate of drug-likeness (QED) is 0.289. The van der Waals surface area contributed by atoms with Gasteiger partial charge in [0.05, 0.1) is 0 Å². The molecule has 2 unspecified atom stereocenters. The molecule has 0 saturated heterocycles. The Morgan fingerprint density at radius 3 is 1.52 bits per heavy atom. The summed E-state index contributed by atoms with van der Waals surface area (Å²) >= 11 is 0. The van der Waals surface area contributed by atoms with Crippen molar-refractivity contribution >= 4 is 32.7 Å². The average Bonchev–Trinajstić information content (AvgIpc) is 3.21. The van der Waals surface area contributed by atoms with E-state index in [0.717, 1.165) is 11.8 Å². The van der Waals surface area contributed by atoms with Gasteiger partial charge in [-0.25, -0.2) is 0 Å². The second-order valence-electron chi connectivity index (χ2n) is 9.48. The summed E-state index contributed by atoms with van der Waals surface area (Å²) in [5, 5.41) is 2.66. The topological polar surface area (TPSA) is 47.6 Å². The van der Waals surface area contributed by atoms with Crippen LogP contribution in [0.3, 0.4) is 0 Å². The number of allylic oxidation sites excluding steroid dienone is 4. The van der Waals surface area contributed by atoms with Gasteiger partial charge >= 0.3 is 21.7 Å². The maximum atomic E-state index is 6.94. The summed E-state index contributed by atoms with van der Waals surface area (Å²) in [6.45, 7) is 11.1. The van der Waals surface area contributed by atoms with Gasteiger partial charge in [0.2, 0.25) is 0 Å². The molecule has 2 nitrogen and oxygen atoms in total. The molecule has 2 N–H and O–H groups in total. The first-order valence-electron chi connectivity index (χ1n) is 10.2. The van der Waals surface area contributed by atoms with Gasteiger partial charge in [0.25, 0.3) is 0 Å². The second kappa shape index (κ2) is 39.7. The molecule has 1 fully saturated rings. The van der Waals surface area contributed by atoms with Crippen LogP contribution in [0.25, 0.3) is 22.2 Å². The fraction of sp³-hybridized carbons (Fsp3) is 0.375. The Morgan fingerprint density at radius 2 is 1.12 bits per heavy atom. The Kier molecular flexibility index (Phi) is 77.2. The number of hydrogen-bond donors (Lipinski definition) is 0. The van der Waals surface area contributed by atoms with Crippen molar-refractivity contribution in [3.8, 4) is 0 Å². The summed E-state index contributed by atoms with van der Waals surface area (Å²) in [5.74, 6) is 1.62. The van der Waals surface area contributed by atoms with Crippen molar-refractivity contribution in [3.05, 3.63) is 129 Å². The van der Waals surface area contributed by atoms with Crippen LogP contribution in [0.1, 0.15) is 54.4 Å². The molecule has 234 valence electrons. The molecule has 2 aromatic carbocycles. The van der Waals surface area contributed by atoms with Gasteiger partial charge in [-0.2, -0.15) is 23.9 Å². The van der Waals surface area contributed by atoms with Crippen molar-refractivity contribution in [1.82, 2.24) is 0 Å². The van der Waals surface area contributed by atoms with Crippen LogP contribution in [0.15, 0.2) is 66.8 Å². The van der Waals surface area contributed by atoms with Crippen LogP contribution >= 0.6 is 0 Å². The third kappa shape index (κ3) is 45.7. The zero-order valence-corrected chi connectivity index (χ0v) is 33.9. The maximum Gasteiger partial charge on any atom is 2.00 e. The maximum absolute atomic E-state index is 6.94. The normalized spacial score (nSPS) is 14.1. The number of rotatable bonds is 0. The molecule has 2 aromatic rings. The minimum Gasteiger partial charge on any atom is -1.00 e. The molecule has 0 heterocycles. The van der Waals surface area contributed by atoms with E-state index in [1.54, 1.807) is 0 Å². The molecule has 0 aliphatic heterocycles. The predicted molar refractivity (Wildman–Crippen MR) is 176 cm³/mol. The molecule has 2 atom stereocenters. The van der Waals surface area contributed by atoms with E-state index in [2.05, 4.69) is 73.2 Å². The first-order valence-corrected chi connectivity index (χ1v) is 10.2. The van der Waals surface area contributed by atoms with E-state index in [-0.39, 0.29) is 146 Å². The molecule has 2 aliphatic carbocycles. The van der Waals surface area contributed by atoms with Gasteiger partial charge in [-0.3, -0.25) is 0 Å². The third-order valence-corrected chi connectivity index (χ3v) is 3.78. The molecular weight excluding hydrogens is 635 g/mol. The van der Waals surface area contributed by atoms with Gasteiger partial charge in [0.15, 0.2) is 0 Å². The van der Waals surface area contributed by atoms with Crippen LogP contribution < -0.4 is 24.8 Å². The summed E-state index contributed by atoms with van der Waals surface area (Å²) in [5.41, 5.74) is 13.4. The molecule has 0 aromatic heterocycles. The number of nitrogens with one attached hydrogen (secondary N) is 2. The van der Waals surface area contributed by atoms with E-state index in [0.29, 0.717) is 0 Å². The van der Waals surface area contributed by atoms with Gasteiger partial charge in [-0.15, -0.1) is 52.7 Å². The first-order chi connectivity index (χ1) is 12.9.